The second-order valence-electron chi connectivity index (χ2n) is 6.54. The van der Waals surface area contributed by atoms with Crippen LogP contribution in [0.15, 0.2) is 47.4 Å². The Kier molecular flexibility index (Phi) is 6.38. The van der Waals surface area contributed by atoms with Crippen LogP contribution in [0.25, 0.3) is 0 Å². The van der Waals surface area contributed by atoms with Gasteiger partial charge in [0.05, 0.1) is 23.0 Å². The van der Waals surface area contributed by atoms with E-state index in [0.29, 0.717) is 30.1 Å². The third-order valence-electron chi connectivity index (χ3n) is 4.54. The summed E-state index contributed by atoms with van der Waals surface area (Å²) >= 11 is 1.31. The molecule has 1 N–H and O–H groups in total. The quantitative estimate of drug-likeness (QED) is 0.419. The summed E-state index contributed by atoms with van der Waals surface area (Å²) in [6.07, 6.45) is 1.30. The Morgan fingerprint density at radius 2 is 2.00 bits per heavy atom. The molecule has 1 heterocycles. The molecule has 29 heavy (non-hydrogen) atoms. The van der Waals surface area contributed by atoms with Crippen molar-refractivity contribution in [2.24, 2.45) is 0 Å². The Morgan fingerprint density at radius 3 is 2.59 bits per heavy atom. The molecule has 2 amide bonds. The number of hydrogen-bond acceptors (Lipinski definition) is 6. The highest BCUT2D eigenvalue weighted by Crippen LogP contribution is 2.34. The summed E-state index contributed by atoms with van der Waals surface area (Å²) < 4.78 is 5.36. The van der Waals surface area contributed by atoms with Gasteiger partial charge in [-0.05, 0) is 43.7 Å². The average Bonchev–Trinajstić information content (AvgIpc) is 3.14. The lowest BCUT2D eigenvalue weighted by Crippen LogP contribution is -2.25. The predicted octanol–water partition coefficient (Wildman–Crippen LogP) is 3.85. The Morgan fingerprint density at radius 1 is 1.28 bits per heavy atom. The van der Waals surface area contributed by atoms with Gasteiger partial charge in [0, 0.05) is 35.7 Å². The molecule has 0 spiro atoms. The predicted molar refractivity (Wildman–Crippen MR) is 112 cm³/mol. The minimum Gasteiger partial charge on any atom is -0.495 e. The van der Waals surface area contributed by atoms with E-state index in [1.807, 2.05) is 0 Å². The Balaban J connectivity index is 1.69. The zero-order valence-electron chi connectivity index (χ0n) is 16.1. The van der Waals surface area contributed by atoms with Gasteiger partial charge in [0.1, 0.15) is 5.75 Å². The van der Waals surface area contributed by atoms with Gasteiger partial charge >= 0.3 is 0 Å². The molecule has 2 aromatic rings. The van der Waals surface area contributed by atoms with Gasteiger partial charge in [0.15, 0.2) is 0 Å². The van der Waals surface area contributed by atoms with E-state index in [-0.39, 0.29) is 17.5 Å². The van der Waals surface area contributed by atoms with E-state index in [4.69, 9.17) is 4.74 Å². The number of methoxy groups -OCH3 is 1. The molecular formula is C20H21N3O5S. The summed E-state index contributed by atoms with van der Waals surface area (Å²) in [5, 5.41) is 13.2. The summed E-state index contributed by atoms with van der Waals surface area (Å²) in [6.45, 7) is 2.38. The number of benzene rings is 2. The summed E-state index contributed by atoms with van der Waals surface area (Å²) in [5.74, 6) is 0.401. The zero-order chi connectivity index (χ0) is 21.0. The Bertz CT molecular complexity index is 932. The average molecular weight is 415 g/mol. The lowest BCUT2D eigenvalue weighted by atomic mass is 10.2. The molecule has 0 saturated carbocycles. The second kappa shape index (κ2) is 8.95. The van der Waals surface area contributed by atoms with Crippen molar-refractivity contribution < 1.29 is 19.2 Å². The SMILES string of the molecule is COc1ccc(NC(=O)C(C)Sc2ccc([N+](=O)[O-])cc2)cc1N1CCCC1=O. The standard InChI is InChI=1S/C20H21N3O5S/c1-13(29-16-8-6-15(7-9-16)23(26)27)20(25)21-14-5-10-18(28-2)17(12-14)22-11-3-4-19(22)24/h5-10,12-13H,3-4,11H2,1-2H3,(H,21,25). The van der Waals surface area contributed by atoms with Crippen LogP contribution in [0.1, 0.15) is 19.8 Å². The summed E-state index contributed by atoms with van der Waals surface area (Å²) in [5.41, 5.74) is 1.22. The Labute approximate surface area is 172 Å². The number of hydrogen-bond donors (Lipinski definition) is 1. The first-order chi connectivity index (χ1) is 13.9. The fraction of sp³-hybridized carbons (Fsp3) is 0.300. The topological polar surface area (TPSA) is 102 Å². The summed E-state index contributed by atoms with van der Waals surface area (Å²) in [6, 6.07) is 11.3. The van der Waals surface area contributed by atoms with E-state index in [9.17, 15) is 19.7 Å². The number of carbonyl (C=O) groups is 2. The highest BCUT2D eigenvalue weighted by Gasteiger charge is 2.25. The van der Waals surface area contributed by atoms with E-state index in [2.05, 4.69) is 5.32 Å². The highest BCUT2D eigenvalue weighted by atomic mass is 32.2. The number of nitrogens with zero attached hydrogens (tertiary/aromatic N) is 2. The Hall–Kier alpha value is -3.07. The van der Waals surface area contributed by atoms with Crippen LogP contribution >= 0.6 is 11.8 Å². The first kappa shape index (κ1) is 20.7. The number of thioether (sulfide) groups is 1. The molecule has 9 heteroatoms. The van der Waals surface area contributed by atoms with E-state index in [1.54, 1.807) is 49.3 Å². The number of nitrogens with one attached hydrogen (secondary N) is 1. The van der Waals surface area contributed by atoms with Crippen molar-refractivity contribution >= 4 is 40.6 Å². The number of non-ortho nitro benzene ring substituents is 1. The molecule has 0 radical (unpaired) electrons. The van der Waals surface area contributed by atoms with Crippen molar-refractivity contribution in [2.75, 3.05) is 23.9 Å². The highest BCUT2D eigenvalue weighted by molar-refractivity contribution is 8.00. The number of nitro groups is 1. The molecular weight excluding hydrogens is 394 g/mol. The largest absolute Gasteiger partial charge is 0.495 e. The van der Waals surface area contributed by atoms with E-state index >= 15 is 0 Å². The van der Waals surface area contributed by atoms with Crippen LogP contribution in [0.4, 0.5) is 17.1 Å². The van der Waals surface area contributed by atoms with Crippen LogP contribution in [0, 0.1) is 10.1 Å². The number of anilines is 2. The lowest BCUT2D eigenvalue weighted by Gasteiger charge is -2.20. The van der Waals surface area contributed by atoms with Gasteiger partial charge in [-0.3, -0.25) is 19.7 Å². The fourth-order valence-corrected chi connectivity index (χ4v) is 3.90. The first-order valence-corrected chi connectivity index (χ1v) is 9.97. The fourth-order valence-electron chi connectivity index (χ4n) is 3.03. The van der Waals surface area contributed by atoms with Gasteiger partial charge in [-0.15, -0.1) is 11.8 Å². The molecule has 1 unspecified atom stereocenters. The summed E-state index contributed by atoms with van der Waals surface area (Å²) in [4.78, 5) is 37.4. The zero-order valence-corrected chi connectivity index (χ0v) is 16.9. The molecule has 3 rings (SSSR count). The van der Waals surface area contributed by atoms with Crippen LogP contribution in [-0.2, 0) is 9.59 Å². The molecule has 1 aliphatic heterocycles. The van der Waals surface area contributed by atoms with E-state index in [0.717, 1.165) is 11.3 Å². The first-order valence-electron chi connectivity index (χ1n) is 9.09. The van der Waals surface area contributed by atoms with Crippen molar-refractivity contribution in [3.8, 4) is 5.75 Å². The van der Waals surface area contributed by atoms with Gasteiger partial charge in [0.2, 0.25) is 11.8 Å². The van der Waals surface area contributed by atoms with Crippen molar-refractivity contribution in [1.82, 2.24) is 0 Å². The number of nitro benzene ring substituents is 1. The van der Waals surface area contributed by atoms with Gasteiger partial charge in [-0.25, -0.2) is 0 Å². The van der Waals surface area contributed by atoms with Crippen molar-refractivity contribution in [2.45, 2.75) is 29.9 Å². The third kappa shape index (κ3) is 4.86. The number of carbonyl (C=O) groups excluding carboxylic acids is 2. The van der Waals surface area contributed by atoms with E-state index in [1.165, 1.54) is 23.9 Å². The monoisotopic (exact) mass is 415 g/mol. The molecule has 2 aromatic carbocycles. The maximum atomic E-state index is 12.6. The van der Waals surface area contributed by atoms with Crippen LogP contribution < -0.4 is 15.0 Å². The molecule has 0 aliphatic carbocycles. The summed E-state index contributed by atoms with van der Waals surface area (Å²) in [7, 11) is 1.54. The molecule has 8 nitrogen and oxygen atoms in total. The van der Waals surface area contributed by atoms with E-state index < -0.39 is 10.2 Å². The van der Waals surface area contributed by atoms with Crippen molar-refractivity contribution in [3.63, 3.8) is 0 Å². The molecule has 1 aliphatic rings. The third-order valence-corrected chi connectivity index (χ3v) is 5.65. The normalized spacial score (nSPS) is 14.6. The lowest BCUT2D eigenvalue weighted by molar-refractivity contribution is -0.384. The van der Waals surface area contributed by atoms with Crippen LogP contribution in [0.2, 0.25) is 0 Å². The maximum Gasteiger partial charge on any atom is 0.269 e. The van der Waals surface area contributed by atoms with Gasteiger partial charge in [-0.2, -0.15) is 0 Å². The van der Waals surface area contributed by atoms with Crippen LogP contribution in [-0.4, -0.2) is 35.6 Å². The minimum absolute atomic E-state index is 0.00803. The molecule has 0 bridgehead atoms. The molecule has 152 valence electrons. The molecule has 1 atom stereocenters. The second-order valence-corrected chi connectivity index (χ2v) is 7.95. The molecule has 1 saturated heterocycles. The number of rotatable bonds is 7. The van der Waals surface area contributed by atoms with Crippen molar-refractivity contribution in [1.29, 1.82) is 0 Å². The number of amides is 2. The molecule has 1 fully saturated rings. The smallest absolute Gasteiger partial charge is 0.269 e. The number of ether oxygens (including phenoxy) is 1. The van der Waals surface area contributed by atoms with Gasteiger partial charge < -0.3 is 15.0 Å². The molecule has 0 aromatic heterocycles. The van der Waals surface area contributed by atoms with Gasteiger partial charge in [-0.1, -0.05) is 0 Å². The minimum atomic E-state index is -0.461. The van der Waals surface area contributed by atoms with Crippen molar-refractivity contribution in [3.05, 3.63) is 52.6 Å². The van der Waals surface area contributed by atoms with Crippen LogP contribution in [0.3, 0.4) is 0 Å². The van der Waals surface area contributed by atoms with Crippen LogP contribution in [0.5, 0.6) is 5.75 Å². The maximum absolute atomic E-state index is 12.6. The van der Waals surface area contributed by atoms with Gasteiger partial charge in [0.25, 0.3) is 5.69 Å².